The molecule has 0 atom stereocenters. The molecule has 27 heavy (non-hydrogen) atoms. The van der Waals surface area contributed by atoms with Crippen molar-refractivity contribution in [3.63, 3.8) is 0 Å². The molecular formula is C24H28O3. The maximum absolute atomic E-state index is 13.3. The molecule has 2 aromatic carbocycles. The monoisotopic (exact) mass is 364 g/mol. The highest BCUT2D eigenvalue weighted by molar-refractivity contribution is 6.17. The van der Waals surface area contributed by atoms with Gasteiger partial charge in [0.05, 0.1) is 12.2 Å². The van der Waals surface area contributed by atoms with Crippen LogP contribution < -0.4 is 4.74 Å². The van der Waals surface area contributed by atoms with E-state index in [1.54, 1.807) is 0 Å². The first-order valence-electron chi connectivity index (χ1n) is 9.93. The molecule has 0 radical (unpaired) electrons. The summed E-state index contributed by atoms with van der Waals surface area (Å²) in [4.78, 5) is 13.3. The Balaban J connectivity index is 1.93. The second-order valence-electron chi connectivity index (χ2n) is 7.06. The number of ether oxygens (including phenoxy) is 1. The van der Waals surface area contributed by atoms with Crippen molar-refractivity contribution < 1.29 is 13.9 Å². The molecule has 0 spiro atoms. The number of furan rings is 1. The Labute approximate surface area is 161 Å². The van der Waals surface area contributed by atoms with E-state index in [9.17, 15) is 4.79 Å². The molecule has 3 aromatic rings. The summed E-state index contributed by atoms with van der Waals surface area (Å²) in [5.74, 6) is 1.62. The van der Waals surface area contributed by atoms with Crippen molar-refractivity contribution >= 4 is 16.8 Å². The molecule has 0 aliphatic carbocycles. The number of carbonyl (C=O) groups excluding carboxylic acids is 1. The second-order valence-corrected chi connectivity index (χ2v) is 7.06. The van der Waals surface area contributed by atoms with Crippen molar-refractivity contribution in [2.24, 2.45) is 0 Å². The smallest absolute Gasteiger partial charge is 0.197 e. The normalized spacial score (nSPS) is 11.1. The van der Waals surface area contributed by atoms with Gasteiger partial charge in [0.2, 0.25) is 0 Å². The van der Waals surface area contributed by atoms with Gasteiger partial charge in [0, 0.05) is 17.4 Å². The highest BCUT2D eigenvalue weighted by Gasteiger charge is 2.22. The fourth-order valence-corrected chi connectivity index (χ4v) is 3.21. The predicted molar refractivity (Wildman–Crippen MR) is 110 cm³/mol. The van der Waals surface area contributed by atoms with Crippen LogP contribution >= 0.6 is 0 Å². The van der Waals surface area contributed by atoms with Gasteiger partial charge in [0.25, 0.3) is 0 Å². The number of rotatable bonds is 9. The first-order chi connectivity index (χ1) is 13.1. The summed E-state index contributed by atoms with van der Waals surface area (Å²) in [5, 5.41) is 0.911. The first kappa shape index (κ1) is 19.2. The summed E-state index contributed by atoms with van der Waals surface area (Å²) in [7, 11) is 0. The fraction of sp³-hybridized carbons (Fsp3) is 0.375. The topological polar surface area (TPSA) is 39.4 Å². The van der Waals surface area contributed by atoms with Gasteiger partial charge in [-0.3, -0.25) is 4.79 Å². The third-order valence-electron chi connectivity index (χ3n) is 4.78. The van der Waals surface area contributed by atoms with Crippen molar-refractivity contribution in [2.75, 3.05) is 6.61 Å². The molecule has 0 saturated carbocycles. The predicted octanol–water partition coefficient (Wildman–Crippen LogP) is 6.49. The lowest BCUT2D eigenvalue weighted by Gasteiger charge is -2.07. The van der Waals surface area contributed by atoms with E-state index in [4.69, 9.17) is 9.15 Å². The van der Waals surface area contributed by atoms with Crippen LogP contribution in [-0.2, 0) is 6.42 Å². The molecule has 0 amide bonds. The lowest BCUT2D eigenvalue weighted by molar-refractivity contribution is 0.103. The van der Waals surface area contributed by atoms with Gasteiger partial charge in [0.15, 0.2) is 5.78 Å². The highest BCUT2D eigenvalue weighted by Crippen LogP contribution is 2.30. The summed E-state index contributed by atoms with van der Waals surface area (Å²) >= 11 is 0. The van der Waals surface area contributed by atoms with E-state index in [0.29, 0.717) is 17.7 Å². The first-order valence-corrected chi connectivity index (χ1v) is 9.93. The zero-order valence-electron chi connectivity index (χ0n) is 16.5. The van der Waals surface area contributed by atoms with Gasteiger partial charge in [0.1, 0.15) is 17.1 Å². The number of fused-ring (bicyclic) bond motifs is 1. The van der Waals surface area contributed by atoms with E-state index in [2.05, 4.69) is 13.8 Å². The van der Waals surface area contributed by atoms with Crippen molar-refractivity contribution in [3.8, 4) is 5.75 Å². The van der Waals surface area contributed by atoms with E-state index in [0.717, 1.165) is 60.1 Å². The minimum absolute atomic E-state index is 0.0190. The third-order valence-corrected chi connectivity index (χ3v) is 4.78. The van der Waals surface area contributed by atoms with Crippen LogP contribution in [0.25, 0.3) is 11.0 Å². The van der Waals surface area contributed by atoms with Crippen molar-refractivity contribution in [1.82, 2.24) is 0 Å². The van der Waals surface area contributed by atoms with E-state index in [-0.39, 0.29) is 5.78 Å². The van der Waals surface area contributed by atoms with Crippen molar-refractivity contribution in [3.05, 3.63) is 64.9 Å². The summed E-state index contributed by atoms with van der Waals surface area (Å²) in [6.07, 6.45) is 4.98. The van der Waals surface area contributed by atoms with E-state index in [1.165, 1.54) is 0 Å². The number of ketones is 1. The number of unbranched alkanes of at least 4 members (excludes halogenated alkanes) is 2. The highest BCUT2D eigenvalue weighted by atomic mass is 16.5. The molecule has 142 valence electrons. The molecule has 3 rings (SSSR count). The standard InChI is InChI=1S/C24H28O3/c1-4-6-8-22-23(20-16-17(3)9-14-21(20)27-22)24(25)18-10-12-19(13-11-18)26-15-7-5-2/h9-14,16H,4-8,15H2,1-3H3. The molecule has 3 heteroatoms. The SMILES string of the molecule is CCCCOc1ccc(C(=O)c2c(CCCC)oc3ccc(C)cc23)cc1. The number of aryl methyl sites for hydroxylation is 2. The summed E-state index contributed by atoms with van der Waals surface area (Å²) in [5.41, 5.74) is 3.29. The van der Waals surface area contributed by atoms with Crippen LogP contribution in [0.1, 0.15) is 66.8 Å². The maximum atomic E-state index is 13.3. The molecular weight excluding hydrogens is 336 g/mol. The van der Waals surface area contributed by atoms with Crippen LogP contribution in [0.3, 0.4) is 0 Å². The molecule has 0 unspecified atom stereocenters. The van der Waals surface area contributed by atoms with Gasteiger partial charge in [-0.25, -0.2) is 0 Å². The molecule has 0 fully saturated rings. The van der Waals surface area contributed by atoms with E-state index >= 15 is 0 Å². The third kappa shape index (κ3) is 4.41. The second kappa shape index (κ2) is 8.90. The van der Waals surface area contributed by atoms with Crippen LogP contribution in [0.2, 0.25) is 0 Å². The van der Waals surface area contributed by atoms with Crippen LogP contribution in [-0.4, -0.2) is 12.4 Å². The minimum atomic E-state index is 0.0190. The largest absolute Gasteiger partial charge is 0.494 e. The van der Waals surface area contributed by atoms with Crippen molar-refractivity contribution in [1.29, 1.82) is 0 Å². The van der Waals surface area contributed by atoms with E-state index in [1.807, 2.05) is 49.4 Å². The lowest BCUT2D eigenvalue weighted by Crippen LogP contribution is -2.04. The number of hydrogen-bond acceptors (Lipinski definition) is 3. The lowest BCUT2D eigenvalue weighted by atomic mass is 9.97. The minimum Gasteiger partial charge on any atom is -0.494 e. The quantitative estimate of drug-likeness (QED) is 0.321. The zero-order valence-corrected chi connectivity index (χ0v) is 16.5. The summed E-state index contributed by atoms with van der Waals surface area (Å²) in [6, 6.07) is 13.5. The van der Waals surface area contributed by atoms with Gasteiger partial charge in [-0.2, -0.15) is 0 Å². The molecule has 0 saturated heterocycles. The van der Waals surface area contributed by atoms with Crippen LogP contribution in [0, 0.1) is 6.92 Å². The number of benzene rings is 2. The number of hydrogen-bond donors (Lipinski definition) is 0. The Morgan fingerprint density at radius 1 is 1.00 bits per heavy atom. The average molecular weight is 364 g/mol. The van der Waals surface area contributed by atoms with Gasteiger partial charge in [-0.05, 0) is 56.2 Å². The van der Waals surface area contributed by atoms with Crippen LogP contribution in [0.4, 0.5) is 0 Å². The van der Waals surface area contributed by atoms with Gasteiger partial charge < -0.3 is 9.15 Å². The number of carbonyl (C=O) groups is 1. The van der Waals surface area contributed by atoms with Crippen molar-refractivity contribution in [2.45, 2.75) is 52.9 Å². The fourth-order valence-electron chi connectivity index (χ4n) is 3.21. The van der Waals surface area contributed by atoms with E-state index < -0.39 is 0 Å². The maximum Gasteiger partial charge on any atom is 0.197 e. The molecule has 0 aliphatic heterocycles. The summed E-state index contributed by atoms with van der Waals surface area (Å²) < 4.78 is 11.7. The average Bonchev–Trinajstić information content (AvgIpc) is 3.04. The Morgan fingerprint density at radius 3 is 2.44 bits per heavy atom. The zero-order chi connectivity index (χ0) is 19.2. The molecule has 0 bridgehead atoms. The van der Waals surface area contributed by atoms with Gasteiger partial charge in [-0.1, -0.05) is 38.3 Å². The Kier molecular flexibility index (Phi) is 6.33. The molecule has 3 nitrogen and oxygen atoms in total. The Hall–Kier alpha value is -2.55. The van der Waals surface area contributed by atoms with Gasteiger partial charge >= 0.3 is 0 Å². The summed E-state index contributed by atoms with van der Waals surface area (Å²) in [6.45, 7) is 7.02. The van der Waals surface area contributed by atoms with Crippen LogP contribution in [0.5, 0.6) is 5.75 Å². The van der Waals surface area contributed by atoms with Gasteiger partial charge in [-0.15, -0.1) is 0 Å². The molecule has 1 heterocycles. The Bertz CT molecular complexity index is 903. The molecule has 1 aromatic heterocycles. The van der Waals surface area contributed by atoms with Crippen LogP contribution in [0.15, 0.2) is 46.9 Å². The molecule has 0 aliphatic rings. The molecule has 0 N–H and O–H groups in total. The Morgan fingerprint density at radius 2 is 1.74 bits per heavy atom.